The fraction of sp³-hybridized carbons (Fsp3) is 1.00. The van der Waals surface area contributed by atoms with Crippen LogP contribution in [0.3, 0.4) is 0 Å². The van der Waals surface area contributed by atoms with Crippen molar-refractivity contribution >= 4 is 0 Å². The minimum Gasteiger partial charge on any atom is -0.378 e. The lowest BCUT2D eigenvalue weighted by Gasteiger charge is -2.34. The Morgan fingerprint density at radius 2 is 1.81 bits per heavy atom. The summed E-state index contributed by atoms with van der Waals surface area (Å²) < 4.78 is 5.94. The summed E-state index contributed by atoms with van der Waals surface area (Å²) in [6.07, 6.45) is 9.70. The molecule has 2 heteroatoms. The average molecular weight is 225 g/mol. The Morgan fingerprint density at radius 3 is 2.44 bits per heavy atom. The third-order valence-corrected chi connectivity index (χ3v) is 3.97. The van der Waals surface area contributed by atoms with Crippen molar-refractivity contribution in [2.45, 2.75) is 70.9 Å². The van der Waals surface area contributed by atoms with Gasteiger partial charge in [-0.15, -0.1) is 0 Å². The fourth-order valence-corrected chi connectivity index (χ4v) is 2.46. The van der Waals surface area contributed by atoms with Crippen LogP contribution in [0.2, 0.25) is 0 Å². The first-order valence-corrected chi connectivity index (χ1v) is 7.01. The van der Waals surface area contributed by atoms with E-state index in [-0.39, 0.29) is 0 Å². The van der Waals surface area contributed by atoms with E-state index in [1.165, 1.54) is 44.9 Å². The molecule has 0 heterocycles. The Balaban J connectivity index is 1.46. The van der Waals surface area contributed by atoms with Gasteiger partial charge >= 0.3 is 0 Å². The van der Waals surface area contributed by atoms with E-state index in [1.807, 2.05) is 0 Å². The second-order valence-corrected chi connectivity index (χ2v) is 6.32. The monoisotopic (exact) mass is 225 g/mol. The number of hydrogen-bond acceptors (Lipinski definition) is 2. The van der Waals surface area contributed by atoms with Crippen LogP contribution >= 0.6 is 0 Å². The molecule has 0 aromatic heterocycles. The van der Waals surface area contributed by atoms with E-state index in [0.717, 1.165) is 19.2 Å². The van der Waals surface area contributed by atoms with Gasteiger partial charge in [0.25, 0.3) is 0 Å². The van der Waals surface area contributed by atoms with Crippen molar-refractivity contribution in [2.75, 3.05) is 13.2 Å². The molecule has 0 unspecified atom stereocenters. The van der Waals surface area contributed by atoms with E-state index >= 15 is 0 Å². The van der Waals surface area contributed by atoms with E-state index < -0.39 is 0 Å². The molecule has 94 valence electrons. The molecule has 0 radical (unpaired) electrons. The van der Waals surface area contributed by atoms with Crippen LogP contribution in [0.5, 0.6) is 0 Å². The topological polar surface area (TPSA) is 21.3 Å². The predicted molar refractivity (Wildman–Crippen MR) is 67.6 cm³/mol. The van der Waals surface area contributed by atoms with Crippen molar-refractivity contribution in [1.29, 1.82) is 0 Å². The first-order valence-electron chi connectivity index (χ1n) is 7.01. The summed E-state index contributed by atoms with van der Waals surface area (Å²) in [4.78, 5) is 0. The zero-order chi connectivity index (χ0) is 11.4. The van der Waals surface area contributed by atoms with Crippen LogP contribution < -0.4 is 5.32 Å². The normalized spacial score (nSPS) is 25.9. The Bertz CT molecular complexity index is 201. The molecule has 0 saturated heterocycles. The van der Waals surface area contributed by atoms with Gasteiger partial charge < -0.3 is 10.1 Å². The van der Waals surface area contributed by atoms with Crippen molar-refractivity contribution in [1.82, 2.24) is 5.32 Å². The Hall–Kier alpha value is -0.0800. The summed E-state index contributed by atoms with van der Waals surface area (Å²) in [6.45, 7) is 6.85. The second kappa shape index (κ2) is 5.50. The quantitative estimate of drug-likeness (QED) is 0.701. The lowest BCUT2D eigenvalue weighted by molar-refractivity contribution is 0.00352. The first-order chi connectivity index (χ1) is 7.66. The minimum absolute atomic E-state index is 0.550. The van der Waals surface area contributed by atoms with Gasteiger partial charge in [-0.25, -0.2) is 0 Å². The molecule has 2 fully saturated rings. The maximum Gasteiger partial charge on any atom is 0.0575 e. The number of nitrogens with one attached hydrogen (secondary N) is 1. The van der Waals surface area contributed by atoms with Gasteiger partial charge in [0.05, 0.1) is 6.10 Å². The Kier molecular flexibility index (Phi) is 4.26. The number of rotatable bonds is 6. The summed E-state index contributed by atoms with van der Waals surface area (Å²) in [6, 6.07) is 0.843. The lowest BCUT2D eigenvalue weighted by atomic mass is 9.76. The van der Waals surface area contributed by atoms with Crippen LogP contribution in [0.25, 0.3) is 0 Å². The van der Waals surface area contributed by atoms with E-state index in [2.05, 4.69) is 19.2 Å². The second-order valence-electron chi connectivity index (χ2n) is 6.32. The highest BCUT2D eigenvalue weighted by Gasteiger charge is 2.27. The van der Waals surface area contributed by atoms with Gasteiger partial charge in [0, 0.05) is 12.6 Å². The van der Waals surface area contributed by atoms with Crippen LogP contribution in [-0.4, -0.2) is 25.3 Å². The van der Waals surface area contributed by atoms with Crippen LogP contribution in [0.4, 0.5) is 0 Å². The molecular formula is C14H27NO. The zero-order valence-electron chi connectivity index (χ0n) is 10.9. The molecule has 0 bridgehead atoms. The highest BCUT2D eigenvalue weighted by Crippen LogP contribution is 2.36. The molecule has 2 aliphatic carbocycles. The van der Waals surface area contributed by atoms with Crippen molar-refractivity contribution in [3.8, 4) is 0 Å². The van der Waals surface area contributed by atoms with Crippen molar-refractivity contribution in [3.63, 3.8) is 0 Å². The standard InChI is InChI=1S/C14H27NO/c1-14(2)8-6-13(7-9-14)16-11-3-10-15-12-4-5-12/h12-13,15H,3-11H2,1-2H3. The number of hydrogen-bond donors (Lipinski definition) is 1. The third kappa shape index (κ3) is 4.42. The summed E-state index contributed by atoms with van der Waals surface area (Å²) in [5.41, 5.74) is 0.563. The summed E-state index contributed by atoms with van der Waals surface area (Å²) in [5.74, 6) is 0. The zero-order valence-corrected chi connectivity index (χ0v) is 10.9. The van der Waals surface area contributed by atoms with E-state index in [4.69, 9.17) is 4.74 Å². The SMILES string of the molecule is CC1(C)CCC(OCCCNC2CC2)CC1. The summed E-state index contributed by atoms with van der Waals surface area (Å²) >= 11 is 0. The summed E-state index contributed by atoms with van der Waals surface area (Å²) in [5, 5.41) is 3.53. The maximum absolute atomic E-state index is 5.94. The van der Waals surface area contributed by atoms with Gasteiger partial charge in [-0.1, -0.05) is 13.8 Å². The molecular weight excluding hydrogens is 198 g/mol. The maximum atomic E-state index is 5.94. The van der Waals surface area contributed by atoms with E-state index in [1.54, 1.807) is 0 Å². The first kappa shape index (κ1) is 12.4. The van der Waals surface area contributed by atoms with Gasteiger partial charge in [0.15, 0.2) is 0 Å². The van der Waals surface area contributed by atoms with Crippen LogP contribution in [0.1, 0.15) is 58.8 Å². The molecule has 0 spiro atoms. The smallest absolute Gasteiger partial charge is 0.0575 e. The van der Waals surface area contributed by atoms with Crippen molar-refractivity contribution < 1.29 is 4.74 Å². The van der Waals surface area contributed by atoms with E-state index in [9.17, 15) is 0 Å². The van der Waals surface area contributed by atoms with Crippen LogP contribution in [0.15, 0.2) is 0 Å². The summed E-state index contributed by atoms with van der Waals surface area (Å²) in [7, 11) is 0. The van der Waals surface area contributed by atoms with Gasteiger partial charge in [-0.3, -0.25) is 0 Å². The predicted octanol–water partition coefficient (Wildman–Crippen LogP) is 3.11. The average Bonchev–Trinajstić information content (AvgIpc) is 3.04. The van der Waals surface area contributed by atoms with Crippen molar-refractivity contribution in [3.05, 3.63) is 0 Å². The molecule has 2 aliphatic rings. The molecule has 0 aromatic carbocycles. The lowest BCUT2D eigenvalue weighted by Crippen LogP contribution is -2.27. The highest BCUT2D eigenvalue weighted by atomic mass is 16.5. The van der Waals surface area contributed by atoms with Gasteiger partial charge in [-0.2, -0.15) is 0 Å². The molecule has 0 aromatic rings. The number of ether oxygens (including phenoxy) is 1. The van der Waals surface area contributed by atoms with Gasteiger partial charge in [0.1, 0.15) is 0 Å². The molecule has 16 heavy (non-hydrogen) atoms. The Labute approximate surface area is 100 Å². The molecule has 2 nitrogen and oxygen atoms in total. The van der Waals surface area contributed by atoms with Gasteiger partial charge in [0.2, 0.25) is 0 Å². The molecule has 0 amide bonds. The minimum atomic E-state index is 0.550. The van der Waals surface area contributed by atoms with Crippen molar-refractivity contribution in [2.24, 2.45) is 5.41 Å². The molecule has 0 aliphatic heterocycles. The molecule has 2 saturated carbocycles. The molecule has 2 rings (SSSR count). The van der Waals surface area contributed by atoms with Crippen LogP contribution in [-0.2, 0) is 4.74 Å². The van der Waals surface area contributed by atoms with Crippen LogP contribution in [0, 0.1) is 5.41 Å². The highest BCUT2D eigenvalue weighted by molar-refractivity contribution is 4.81. The molecule has 1 N–H and O–H groups in total. The largest absolute Gasteiger partial charge is 0.378 e. The Morgan fingerprint density at radius 1 is 1.12 bits per heavy atom. The van der Waals surface area contributed by atoms with Gasteiger partial charge in [-0.05, 0) is 56.9 Å². The van der Waals surface area contributed by atoms with E-state index in [0.29, 0.717) is 11.5 Å². The molecule has 0 atom stereocenters. The third-order valence-electron chi connectivity index (χ3n) is 3.97. The fourth-order valence-electron chi connectivity index (χ4n) is 2.46.